The third-order valence-corrected chi connectivity index (χ3v) is 11.6. The van der Waals surface area contributed by atoms with Crippen molar-refractivity contribution in [1.82, 2.24) is 4.57 Å². The lowest BCUT2D eigenvalue weighted by Gasteiger charge is -2.34. The highest BCUT2D eigenvalue weighted by atomic mass is 15.0. The van der Waals surface area contributed by atoms with Gasteiger partial charge in [-0.1, -0.05) is 148 Å². The number of para-hydroxylation sites is 1. The summed E-state index contributed by atoms with van der Waals surface area (Å²) >= 11 is 0. The van der Waals surface area contributed by atoms with Crippen molar-refractivity contribution in [3.8, 4) is 39.1 Å². The highest BCUT2D eigenvalue weighted by molar-refractivity contribution is 6.11. The first-order valence-corrected chi connectivity index (χ1v) is 17.6. The van der Waals surface area contributed by atoms with E-state index in [1.54, 1.807) is 0 Å². The minimum absolute atomic E-state index is 0.0441. The zero-order valence-corrected chi connectivity index (χ0v) is 28.1. The zero-order valence-electron chi connectivity index (χ0n) is 28.1. The molecule has 7 aromatic carbocycles. The fraction of sp³-hybridized carbons (Fsp3) is 0.125. The van der Waals surface area contributed by atoms with Crippen LogP contribution in [0.3, 0.4) is 0 Å². The Morgan fingerprint density at radius 3 is 2.04 bits per heavy atom. The van der Waals surface area contributed by atoms with Crippen molar-refractivity contribution in [1.29, 1.82) is 0 Å². The van der Waals surface area contributed by atoms with Crippen LogP contribution in [-0.2, 0) is 5.41 Å². The van der Waals surface area contributed by atoms with Crippen LogP contribution in [0.2, 0.25) is 0 Å². The molecule has 2 aliphatic carbocycles. The molecule has 0 spiro atoms. The number of nitrogens with zero attached hydrogens (tertiary/aromatic N) is 1. The Morgan fingerprint density at radius 1 is 0.490 bits per heavy atom. The predicted molar refractivity (Wildman–Crippen MR) is 206 cm³/mol. The first-order chi connectivity index (χ1) is 24.0. The van der Waals surface area contributed by atoms with Gasteiger partial charge in [0.1, 0.15) is 0 Å². The van der Waals surface area contributed by atoms with Gasteiger partial charge in [-0.05, 0) is 91.9 Å². The molecule has 8 aromatic rings. The van der Waals surface area contributed by atoms with Crippen LogP contribution in [0.4, 0.5) is 0 Å². The van der Waals surface area contributed by atoms with Gasteiger partial charge in [0.05, 0.1) is 16.7 Å². The van der Waals surface area contributed by atoms with Crippen molar-refractivity contribution in [3.05, 3.63) is 186 Å². The molecule has 10 rings (SSSR count). The molecular weight excluding hydrogens is 591 g/mol. The minimum atomic E-state index is -0.0441. The van der Waals surface area contributed by atoms with E-state index in [-0.39, 0.29) is 5.41 Å². The Balaban J connectivity index is 1.15. The smallest absolute Gasteiger partial charge is 0.0543 e. The van der Waals surface area contributed by atoms with Gasteiger partial charge in [-0.25, -0.2) is 0 Å². The van der Waals surface area contributed by atoms with Crippen molar-refractivity contribution in [3.63, 3.8) is 0 Å². The zero-order chi connectivity index (χ0) is 32.9. The van der Waals surface area contributed by atoms with Crippen molar-refractivity contribution in [2.75, 3.05) is 0 Å². The van der Waals surface area contributed by atoms with Gasteiger partial charge in [0.2, 0.25) is 0 Å². The Bertz CT molecular complexity index is 2600. The fourth-order valence-corrected chi connectivity index (χ4v) is 9.29. The van der Waals surface area contributed by atoms with Gasteiger partial charge in [-0.15, -0.1) is 0 Å². The molecule has 0 N–H and O–H groups in total. The number of benzene rings is 7. The summed E-state index contributed by atoms with van der Waals surface area (Å²) in [4.78, 5) is 0. The lowest BCUT2D eigenvalue weighted by Crippen LogP contribution is -2.16. The average Bonchev–Trinajstić information content (AvgIpc) is 3.60. The largest absolute Gasteiger partial charge is 0.309 e. The van der Waals surface area contributed by atoms with Crippen molar-refractivity contribution in [2.24, 2.45) is 0 Å². The number of fused-ring (bicyclic) bond motifs is 9. The molecule has 2 aliphatic rings. The SMILES string of the molecule is CC1c2ccc(-c3ccc4c(c3)c3ccccc3n4-c3cccc4c3-c3ccccc3C4(C)C)cc2-c2ccccc2C1c1ccccc1. The standard InChI is InChI=1S/C48H37N/c1-30-34-26-24-32(28-39(34)35-16-7-8-18-37(35)46(30)31-14-5-4-6-15-31)33-25-27-44-40(29-33)36-17-10-12-22-43(36)49(44)45-23-13-21-42-47(45)38-19-9-11-20-41(38)48(42,2)3/h4-30,46H,1-3H3. The molecule has 0 saturated carbocycles. The van der Waals surface area contributed by atoms with Crippen LogP contribution in [-0.4, -0.2) is 4.57 Å². The molecule has 1 aromatic heterocycles. The second-order valence-corrected chi connectivity index (χ2v) is 14.5. The normalized spacial score (nSPS) is 17.0. The van der Waals surface area contributed by atoms with Crippen molar-refractivity contribution >= 4 is 21.8 Å². The van der Waals surface area contributed by atoms with Crippen molar-refractivity contribution in [2.45, 2.75) is 38.0 Å². The van der Waals surface area contributed by atoms with E-state index in [0.717, 1.165) is 0 Å². The van der Waals surface area contributed by atoms with E-state index < -0.39 is 0 Å². The molecule has 0 aliphatic heterocycles. The average molecular weight is 628 g/mol. The number of rotatable bonds is 3. The summed E-state index contributed by atoms with van der Waals surface area (Å²) < 4.78 is 2.50. The van der Waals surface area contributed by atoms with Gasteiger partial charge in [0, 0.05) is 27.7 Å². The first kappa shape index (κ1) is 28.4. The molecule has 1 nitrogen and oxygen atoms in total. The van der Waals surface area contributed by atoms with E-state index in [4.69, 9.17) is 0 Å². The Labute approximate surface area is 288 Å². The summed E-state index contributed by atoms with van der Waals surface area (Å²) in [5.41, 5.74) is 18.6. The maximum absolute atomic E-state index is 2.50. The Hall–Kier alpha value is -5.66. The summed E-state index contributed by atoms with van der Waals surface area (Å²) in [5.74, 6) is 0.722. The molecule has 0 radical (unpaired) electrons. The van der Waals surface area contributed by atoms with E-state index in [9.17, 15) is 0 Å². The molecule has 0 amide bonds. The Kier molecular flexibility index (Phi) is 6.03. The lowest BCUT2D eigenvalue weighted by atomic mass is 9.69. The van der Waals surface area contributed by atoms with Crippen LogP contribution >= 0.6 is 0 Å². The molecular formula is C48H37N. The van der Waals surface area contributed by atoms with Gasteiger partial charge < -0.3 is 4.57 Å². The third kappa shape index (κ3) is 3.99. The monoisotopic (exact) mass is 627 g/mol. The van der Waals surface area contributed by atoms with Crippen LogP contribution in [0.5, 0.6) is 0 Å². The van der Waals surface area contributed by atoms with E-state index in [0.29, 0.717) is 11.8 Å². The van der Waals surface area contributed by atoms with E-state index >= 15 is 0 Å². The summed E-state index contributed by atoms with van der Waals surface area (Å²) in [7, 11) is 0. The second-order valence-electron chi connectivity index (χ2n) is 14.5. The van der Waals surface area contributed by atoms with Crippen LogP contribution in [0.1, 0.15) is 60.4 Å². The van der Waals surface area contributed by atoms with Gasteiger partial charge in [-0.2, -0.15) is 0 Å². The summed E-state index contributed by atoms with van der Waals surface area (Å²) in [5, 5.41) is 2.57. The van der Waals surface area contributed by atoms with E-state index in [1.165, 1.54) is 88.7 Å². The summed E-state index contributed by atoms with van der Waals surface area (Å²) in [6, 6.07) is 59.0. The maximum Gasteiger partial charge on any atom is 0.0543 e. The molecule has 234 valence electrons. The molecule has 2 atom stereocenters. The van der Waals surface area contributed by atoms with E-state index in [2.05, 4.69) is 183 Å². The second kappa shape index (κ2) is 10.4. The first-order valence-electron chi connectivity index (χ1n) is 17.6. The molecule has 1 heterocycles. The maximum atomic E-state index is 2.50. The molecule has 0 saturated heterocycles. The molecule has 0 bridgehead atoms. The topological polar surface area (TPSA) is 4.93 Å². The number of hydrogen-bond acceptors (Lipinski definition) is 0. The van der Waals surface area contributed by atoms with Crippen LogP contribution in [0.25, 0.3) is 60.9 Å². The van der Waals surface area contributed by atoms with Gasteiger partial charge in [-0.3, -0.25) is 0 Å². The highest BCUT2D eigenvalue weighted by Crippen LogP contribution is 2.53. The predicted octanol–water partition coefficient (Wildman–Crippen LogP) is 12.7. The molecule has 49 heavy (non-hydrogen) atoms. The van der Waals surface area contributed by atoms with Crippen molar-refractivity contribution < 1.29 is 0 Å². The van der Waals surface area contributed by atoms with Crippen LogP contribution in [0.15, 0.2) is 158 Å². The van der Waals surface area contributed by atoms with Crippen LogP contribution < -0.4 is 0 Å². The van der Waals surface area contributed by atoms with E-state index in [1.807, 2.05) is 0 Å². The fourth-order valence-electron chi connectivity index (χ4n) is 9.29. The minimum Gasteiger partial charge on any atom is -0.309 e. The van der Waals surface area contributed by atoms with Gasteiger partial charge in [0.15, 0.2) is 0 Å². The molecule has 0 fully saturated rings. The van der Waals surface area contributed by atoms with Crippen LogP contribution in [0, 0.1) is 0 Å². The number of aromatic nitrogens is 1. The summed E-state index contributed by atoms with van der Waals surface area (Å²) in [6.07, 6.45) is 0. The van der Waals surface area contributed by atoms with Gasteiger partial charge >= 0.3 is 0 Å². The Morgan fingerprint density at radius 2 is 1.16 bits per heavy atom. The molecule has 2 unspecified atom stereocenters. The lowest BCUT2D eigenvalue weighted by molar-refractivity contribution is 0.649. The van der Waals surface area contributed by atoms with Gasteiger partial charge in [0.25, 0.3) is 0 Å². The quantitative estimate of drug-likeness (QED) is 0.184. The third-order valence-electron chi connectivity index (χ3n) is 11.6. The molecule has 1 heteroatoms. The highest BCUT2D eigenvalue weighted by Gasteiger charge is 2.37. The summed E-state index contributed by atoms with van der Waals surface area (Å²) in [6.45, 7) is 7.12. The number of hydrogen-bond donors (Lipinski definition) is 0.